The molecule has 0 spiro atoms. The van der Waals surface area contributed by atoms with Gasteiger partial charge in [0.25, 0.3) is 10.0 Å². The number of nitrogens with zero attached hydrogens (tertiary/aromatic N) is 2. The van der Waals surface area contributed by atoms with Crippen molar-refractivity contribution < 1.29 is 31.5 Å². The summed E-state index contributed by atoms with van der Waals surface area (Å²) in [5.74, 6) is -1.43. The lowest BCUT2D eigenvalue weighted by atomic mass is 10.0. The van der Waals surface area contributed by atoms with Gasteiger partial charge in [0, 0.05) is 17.6 Å². The third kappa shape index (κ3) is 6.22. The molecule has 190 valence electrons. The van der Waals surface area contributed by atoms with E-state index in [9.17, 15) is 26.4 Å². The van der Waals surface area contributed by atoms with Gasteiger partial charge in [-0.15, -0.1) is 0 Å². The van der Waals surface area contributed by atoms with Crippen molar-refractivity contribution in [1.82, 2.24) is 9.97 Å². The molecule has 0 radical (unpaired) electrons. The number of aryl methyl sites for hydroxylation is 1. The average molecular weight is 529 g/mol. The molecule has 0 atom stereocenters. The highest BCUT2D eigenvalue weighted by Crippen LogP contribution is 2.30. The molecule has 12 heteroatoms. The van der Waals surface area contributed by atoms with Gasteiger partial charge in [0.1, 0.15) is 5.69 Å². The van der Waals surface area contributed by atoms with Crippen LogP contribution >= 0.6 is 0 Å². The lowest BCUT2D eigenvalue weighted by Gasteiger charge is -2.13. The third-order valence-corrected chi connectivity index (χ3v) is 6.50. The molecular formula is C25H19F3N4O4S. The van der Waals surface area contributed by atoms with Crippen molar-refractivity contribution in [1.29, 1.82) is 0 Å². The minimum absolute atomic E-state index is 0.0667. The fourth-order valence-electron chi connectivity index (χ4n) is 3.50. The monoisotopic (exact) mass is 528 g/mol. The summed E-state index contributed by atoms with van der Waals surface area (Å²) in [4.78, 5) is 18.5. The zero-order valence-electron chi connectivity index (χ0n) is 19.1. The van der Waals surface area contributed by atoms with Crippen LogP contribution in [0.5, 0.6) is 0 Å². The maximum absolute atomic E-state index is 13.0. The highest BCUT2D eigenvalue weighted by atomic mass is 32.2. The molecule has 3 N–H and O–H groups in total. The molecule has 0 aliphatic carbocycles. The second kappa shape index (κ2) is 9.90. The number of halogens is 3. The van der Waals surface area contributed by atoms with E-state index in [-0.39, 0.29) is 22.1 Å². The number of nitrogens with one attached hydrogen (secondary N) is 2. The van der Waals surface area contributed by atoms with E-state index < -0.39 is 27.9 Å². The Hall–Kier alpha value is -4.45. The number of aromatic carboxylic acids is 1. The van der Waals surface area contributed by atoms with Gasteiger partial charge in [-0.3, -0.25) is 4.72 Å². The second-order valence-electron chi connectivity index (χ2n) is 8.00. The van der Waals surface area contributed by atoms with E-state index in [1.165, 1.54) is 36.4 Å². The standard InChI is InChI=1S/C25H19F3N4O4S/c1-15-10-18(13-20(11-15)30-24-29-9-8-22(31-24)25(26,27)28)16-4-3-7-21(14-16)37(35,36)32-19-6-2-5-17(12-19)23(33)34/h2-14,32H,1H3,(H,33,34)(H,29,30,31). The van der Waals surface area contributed by atoms with Gasteiger partial charge < -0.3 is 10.4 Å². The summed E-state index contributed by atoms with van der Waals surface area (Å²) in [7, 11) is -4.06. The van der Waals surface area contributed by atoms with Crippen molar-refractivity contribution in [2.75, 3.05) is 10.0 Å². The number of carboxylic acids is 1. The molecule has 1 heterocycles. The molecule has 0 amide bonds. The summed E-state index contributed by atoms with van der Waals surface area (Å²) in [5, 5.41) is 11.9. The molecular weight excluding hydrogens is 509 g/mol. The molecule has 0 aliphatic heterocycles. The number of carbonyl (C=O) groups is 1. The Morgan fingerprint density at radius 3 is 2.41 bits per heavy atom. The van der Waals surface area contributed by atoms with Crippen LogP contribution in [0, 0.1) is 6.92 Å². The van der Waals surface area contributed by atoms with E-state index >= 15 is 0 Å². The molecule has 8 nitrogen and oxygen atoms in total. The number of carboxylic acid groups (broad SMARTS) is 1. The van der Waals surface area contributed by atoms with Crippen molar-refractivity contribution >= 4 is 33.3 Å². The smallest absolute Gasteiger partial charge is 0.433 e. The minimum Gasteiger partial charge on any atom is -0.478 e. The molecule has 0 saturated heterocycles. The number of sulfonamides is 1. The maximum Gasteiger partial charge on any atom is 0.433 e. The van der Waals surface area contributed by atoms with Crippen LogP contribution in [-0.4, -0.2) is 29.5 Å². The summed E-state index contributed by atoms with van der Waals surface area (Å²) in [6, 6.07) is 17.3. The van der Waals surface area contributed by atoms with Gasteiger partial charge in [-0.25, -0.2) is 23.2 Å². The Labute approximate surface area is 209 Å². The molecule has 37 heavy (non-hydrogen) atoms. The van der Waals surface area contributed by atoms with Crippen LogP contribution in [0.25, 0.3) is 11.1 Å². The Kier molecular flexibility index (Phi) is 6.86. The van der Waals surface area contributed by atoms with Crippen molar-refractivity contribution in [2.45, 2.75) is 18.0 Å². The zero-order chi connectivity index (χ0) is 26.8. The van der Waals surface area contributed by atoms with Gasteiger partial charge in [0.15, 0.2) is 0 Å². The molecule has 1 aromatic heterocycles. The number of hydrogen-bond acceptors (Lipinski definition) is 6. The lowest BCUT2D eigenvalue weighted by Crippen LogP contribution is -2.13. The largest absolute Gasteiger partial charge is 0.478 e. The van der Waals surface area contributed by atoms with Crippen LogP contribution in [0.3, 0.4) is 0 Å². The van der Waals surface area contributed by atoms with Gasteiger partial charge in [0.05, 0.1) is 10.5 Å². The third-order valence-electron chi connectivity index (χ3n) is 5.12. The topological polar surface area (TPSA) is 121 Å². The van der Waals surface area contributed by atoms with Gasteiger partial charge in [-0.2, -0.15) is 13.2 Å². The van der Waals surface area contributed by atoms with Crippen molar-refractivity contribution in [2.24, 2.45) is 0 Å². The first-order chi connectivity index (χ1) is 17.4. The van der Waals surface area contributed by atoms with Crippen LogP contribution in [-0.2, 0) is 16.2 Å². The first kappa shape index (κ1) is 25.6. The number of alkyl halides is 3. The summed E-state index contributed by atoms with van der Waals surface area (Å²) in [6.45, 7) is 1.78. The fourth-order valence-corrected chi connectivity index (χ4v) is 4.60. The van der Waals surface area contributed by atoms with Crippen LogP contribution in [0.2, 0.25) is 0 Å². The lowest BCUT2D eigenvalue weighted by molar-refractivity contribution is -0.141. The summed E-state index contributed by atoms with van der Waals surface area (Å²) in [5.41, 5.74) is 1.22. The summed E-state index contributed by atoms with van der Waals surface area (Å²) >= 11 is 0. The Morgan fingerprint density at radius 1 is 0.919 bits per heavy atom. The quantitative estimate of drug-likeness (QED) is 0.281. The van der Waals surface area contributed by atoms with Gasteiger partial charge in [0.2, 0.25) is 5.95 Å². The van der Waals surface area contributed by atoms with E-state index in [1.54, 1.807) is 37.3 Å². The van der Waals surface area contributed by atoms with E-state index in [4.69, 9.17) is 5.11 Å². The van der Waals surface area contributed by atoms with E-state index in [1.807, 2.05) is 0 Å². The van der Waals surface area contributed by atoms with Gasteiger partial charge >= 0.3 is 12.1 Å². The summed E-state index contributed by atoms with van der Waals surface area (Å²) in [6.07, 6.45) is -3.62. The van der Waals surface area contributed by atoms with Crippen LogP contribution in [0.1, 0.15) is 21.6 Å². The van der Waals surface area contributed by atoms with Crippen LogP contribution in [0.4, 0.5) is 30.5 Å². The molecule has 0 bridgehead atoms. The van der Waals surface area contributed by atoms with Crippen molar-refractivity contribution in [3.05, 3.63) is 95.8 Å². The van der Waals surface area contributed by atoms with Crippen molar-refractivity contribution in [3.8, 4) is 11.1 Å². The Balaban J connectivity index is 1.63. The maximum atomic E-state index is 13.0. The molecule has 3 aromatic carbocycles. The number of aromatic nitrogens is 2. The first-order valence-electron chi connectivity index (χ1n) is 10.7. The Bertz CT molecular complexity index is 1590. The van der Waals surface area contributed by atoms with Crippen LogP contribution in [0.15, 0.2) is 83.9 Å². The van der Waals surface area contributed by atoms with Gasteiger partial charge in [-0.1, -0.05) is 24.3 Å². The van der Waals surface area contributed by atoms with E-state index in [0.29, 0.717) is 16.8 Å². The van der Waals surface area contributed by atoms with E-state index in [2.05, 4.69) is 20.0 Å². The summed E-state index contributed by atoms with van der Waals surface area (Å²) < 4.78 is 67.3. The average Bonchev–Trinajstić information content (AvgIpc) is 2.83. The minimum atomic E-state index is -4.62. The molecule has 4 aromatic rings. The Morgan fingerprint density at radius 2 is 1.68 bits per heavy atom. The molecule has 0 aliphatic rings. The van der Waals surface area contributed by atoms with Crippen LogP contribution < -0.4 is 10.0 Å². The SMILES string of the molecule is Cc1cc(Nc2nccc(C(F)(F)F)n2)cc(-c2cccc(S(=O)(=O)Nc3cccc(C(=O)O)c3)c2)c1. The number of rotatable bonds is 7. The zero-order valence-corrected chi connectivity index (χ0v) is 19.9. The molecule has 0 fully saturated rings. The number of benzene rings is 3. The van der Waals surface area contributed by atoms with Crippen molar-refractivity contribution in [3.63, 3.8) is 0 Å². The molecule has 0 saturated carbocycles. The first-order valence-corrected chi connectivity index (χ1v) is 12.1. The predicted molar refractivity (Wildman–Crippen MR) is 131 cm³/mol. The highest BCUT2D eigenvalue weighted by molar-refractivity contribution is 7.92. The number of anilines is 3. The fraction of sp³-hybridized carbons (Fsp3) is 0.0800. The number of hydrogen-bond donors (Lipinski definition) is 3. The van der Waals surface area contributed by atoms with E-state index in [0.717, 1.165) is 17.8 Å². The van der Waals surface area contributed by atoms with Gasteiger partial charge in [-0.05, 0) is 72.1 Å². The predicted octanol–water partition coefficient (Wildman–Crippen LogP) is 5.71. The highest BCUT2D eigenvalue weighted by Gasteiger charge is 2.32. The normalized spacial score (nSPS) is 11.7. The molecule has 4 rings (SSSR count). The molecule has 0 unspecified atom stereocenters. The second-order valence-corrected chi connectivity index (χ2v) is 9.68.